The van der Waals surface area contributed by atoms with Crippen LogP contribution in [0.25, 0.3) is 22.3 Å². The van der Waals surface area contributed by atoms with Gasteiger partial charge in [0.05, 0.1) is 11.4 Å². The lowest BCUT2D eigenvalue weighted by atomic mass is 10.1. The zero-order chi connectivity index (χ0) is 21.8. The highest BCUT2D eigenvalue weighted by Crippen LogP contribution is 2.25. The maximum atomic E-state index is 12.5. The van der Waals surface area contributed by atoms with E-state index in [2.05, 4.69) is 9.44 Å². The van der Waals surface area contributed by atoms with E-state index < -0.39 is 10.2 Å². The van der Waals surface area contributed by atoms with Gasteiger partial charge in [-0.2, -0.15) is 8.42 Å². The first-order valence-corrected chi connectivity index (χ1v) is 11.1. The van der Waals surface area contributed by atoms with Crippen molar-refractivity contribution in [2.45, 2.75) is 0 Å². The predicted octanol–water partition coefficient (Wildman–Crippen LogP) is 4.95. The minimum absolute atomic E-state index is 0.463. The van der Waals surface area contributed by atoms with Crippen LogP contribution in [0.2, 0.25) is 0 Å². The molecule has 156 valence electrons. The molecule has 7 heteroatoms. The Bertz CT molecular complexity index is 1170. The second kappa shape index (κ2) is 8.41. The zero-order valence-electron chi connectivity index (χ0n) is 16.6. The molecule has 0 atom stereocenters. The third-order valence-electron chi connectivity index (χ3n) is 4.76. The molecule has 0 radical (unpaired) electrons. The Kier molecular flexibility index (Phi) is 5.51. The second-order valence-corrected chi connectivity index (χ2v) is 8.52. The summed E-state index contributed by atoms with van der Waals surface area (Å²) in [5.74, 6) is 0. The Morgan fingerprint density at radius 2 is 0.710 bits per heavy atom. The molecule has 0 aromatic heterocycles. The van der Waals surface area contributed by atoms with Gasteiger partial charge in [-0.05, 0) is 70.8 Å². The summed E-state index contributed by atoms with van der Waals surface area (Å²) in [6.07, 6.45) is 0. The van der Waals surface area contributed by atoms with Crippen molar-refractivity contribution in [2.75, 3.05) is 20.9 Å². The van der Waals surface area contributed by atoms with Gasteiger partial charge in [-0.25, -0.2) is 0 Å². The Morgan fingerprint density at radius 3 is 1.00 bits per heavy atom. The summed E-state index contributed by atoms with van der Waals surface area (Å²) < 4.78 is 30.1. The van der Waals surface area contributed by atoms with E-state index in [1.807, 2.05) is 72.8 Å². The Morgan fingerprint density at radius 1 is 0.452 bits per heavy atom. The molecule has 0 unspecified atom stereocenters. The highest BCUT2D eigenvalue weighted by Gasteiger charge is 2.10. The maximum absolute atomic E-state index is 12.5. The third-order valence-corrected chi connectivity index (χ3v) is 5.77. The highest BCUT2D eigenvalue weighted by atomic mass is 32.2. The summed E-state index contributed by atoms with van der Waals surface area (Å²) in [4.78, 5) is 0. The van der Waals surface area contributed by atoms with E-state index >= 15 is 0 Å². The molecule has 0 aliphatic heterocycles. The predicted molar refractivity (Wildman–Crippen MR) is 129 cm³/mol. The molecule has 4 aromatic carbocycles. The lowest BCUT2D eigenvalue weighted by Crippen LogP contribution is -2.21. The van der Waals surface area contributed by atoms with Crippen LogP contribution in [0.15, 0.2) is 97.1 Å². The van der Waals surface area contributed by atoms with Crippen molar-refractivity contribution in [1.82, 2.24) is 0 Å². The number of anilines is 4. The Labute approximate surface area is 181 Å². The zero-order valence-corrected chi connectivity index (χ0v) is 17.4. The monoisotopic (exact) mass is 430 g/mol. The van der Waals surface area contributed by atoms with Gasteiger partial charge < -0.3 is 11.5 Å². The van der Waals surface area contributed by atoms with Crippen molar-refractivity contribution < 1.29 is 8.42 Å². The maximum Gasteiger partial charge on any atom is 0.321 e. The summed E-state index contributed by atoms with van der Waals surface area (Å²) in [6.45, 7) is 0. The molecule has 4 rings (SSSR count). The van der Waals surface area contributed by atoms with Crippen LogP contribution in [0.3, 0.4) is 0 Å². The molecule has 31 heavy (non-hydrogen) atoms. The van der Waals surface area contributed by atoms with Crippen molar-refractivity contribution in [2.24, 2.45) is 0 Å². The van der Waals surface area contributed by atoms with E-state index in [0.717, 1.165) is 22.3 Å². The number of nitrogens with two attached hydrogens (primary N) is 2. The molecule has 6 N–H and O–H groups in total. The van der Waals surface area contributed by atoms with Crippen molar-refractivity contribution in [3.05, 3.63) is 97.1 Å². The van der Waals surface area contributed by atoms with E-state index in [1.165, 1.54) is 0 Å². The fraction of sp³-hybridized carbons (Fsp3) is 0. The number of hydrogen-bond acceptors (Lipinski definition) is 4. The molecule has 0 saturated carbocycles. The van der Waals surface area contributed by atoms with E-state index in [4.69, 9.17) is 11.5 Å². The molecule has 6 nitrogen and oxygen atoms in total. The average Bonchev–Trinajstić information content (AvgIpc) is 2.76. The standard InChI is InChI=1S/C24H22N4O2S/c25-21-9-1-17(2-10-21)19-5-13-23(14-6-19)27-31(29,30)28-24-15-7-20(8-16-24)18-3-11-22(26)12-4-18/h1-16,27-28H,25-26H2. The van der Waals surface area contributed by atoms with Gasteiger partial charge in [0.25, 0.3) is 0 Å². The summed E-state index contributed by atoms with van der Waals surface area (Å²) >= 11 is 0. The summed E-state index contributed by atoms with van der Waals surface area (Å²) in [7, 11) is -3.79. The van der Waals surface area contributed by atoms with E-state index in [1.54, 1.807) is 24.3 Å². The molecule has 0 saturated heterocycles. The number of nitrogens with one attached hydrogen (secondary N) is 2. The molecular weight excluding hydrogens is 408 g/mol. The third kappa shape index (κ3) is 5.15. The van der Waals surface area contributed by atoms with Crippen LogP contribution >= 0.6 is 0 Å². The lowest BCUT2D eigenvalue weighted by molar-refractivity contribution is 0.606. The minimum Gasteiger partial charge on any atom is -0.399 e. The first kappa shape index (κ1) is 20.3. The number of nitrogen functional groups attached to an aromatic ring is 2. The van der Waals surface area contributed by atoms with Crippen LogP contribution < -0.4 is 20.9 Å². The summed E-state index contributed by atoms with van der Waals surface area (Å²) in [5.41, 5.74) is 17.7. The van der Waals surface area contributed by atoms with Gasteiger partial charge in [0.15, 0.2) is 0 Å². The number of hydrogen-bond donors (Lipinski definition) is 4. The van der Waals surface area contributed by atoms with E-state index in [9.17, 15) is 8.42 Å². The topological polar surface area (TPSA) is 110 Å². The molecule has 0 aliphatic carbocycles. The summed E-state index contributed by atoms with van der Waals surface area (Å²) in [5, 5.41) is 0. The van der Waals surface area contributed by atoms with Crippen molar-refractivity contribution in [3.8, 4) is 22.3 Å². The van der Waals surface area contributed by atoms with Crippen molar-refractivity contribution >= 4 is 33.0 Å². The Hall–Kier alpha value is -3.97. The number of benzene rings is 4. The van der Waals surface area contributed by atoms with Gasteiger partial charge >= 0.3 is 10.2 Å². The van der Waals surface area contributed by atoms with Gasteiger partial charge in [0, 0.05) is 11.4 Å². The fourth-order valence-electron chi connectivity index (χ4n) is 3.15. The number of rotatable bonds is 6. The van der Waals surface area contributed by atoms with E-state index in [0.29, 0.717) is 22.7 Å². The molecule has 0 aliphatic rings. The van der Waals surface area contributed by atoms with Crippen LogP contribution in [-0.4, -0.2) is 8.42 Å². The summed E-state index contributed by atoms with van der Waals surface area (Å²) in [6, 6.07) is 29.3. The fourth-order valence-corrected chi connectivity index (χ4v) is 4.09. The SMILES string of the molecule is Nc1ccc(-c2ccc(NS(=O)(=O)Nc3ccc(-c4ccc(N)cc4)cc3)cc2)cc1. The average molecular weight is 431 g/mol. The van der Waals surface area contributed by atoms with Crippen LogP contribution in [0, 0.1) is 0 Å². The molecule has 4 aromatic rings. The largest absolute Gasteiger partial charge is 0.399 e. The lowest BCUT2D eigenvalue weighted by Gasteiger charge is -2.12. The quantitative estimate of drug-likeness (QED) is 0.324. The van der Waals surface area contributed by atoms with Gasteiger partial charge in [0.2, 0.25) is 0 Å². The molecule has 0 fully saturated rings. The normalized spacial score (nSPS) is 11.1. The first-order chi connectivity index (χ1) is 14.9. The molecule has 0 bridgehead atoms. The van der Waals surface area contributed by atoms with Crippen molar-refractivity contribution in [3.63, 3.8) is 0 Å². The van der Waals surface area contributed by atoms with E-state index in [-0.39, 0.29) is 0 Å². The Balaban J connectivity index is 1.43. The van der Waals surface area contributed by atoms with Crippen molar-refractivity contribution in [1.29, 1.82) is 0 Å². The molecule has 0 amide bonds. The van der Waals surface area contributed by atoms with Gasteiger partial charge in [-0.3, -0.25) is 9.44 Å². The van der Waals surface area contributed by atoms with Gasteiger partial charge in [-0.1, -0.05) is 48.5 Å². The minimum atomic E-state index is -3.79. The van der Waals surface area contributed by atoms with Gasteiger partial charge in [-0.15, -0.1) is 0 Å². The van der Waals surface area contributed by atoms with Crippen LogP contribution in [0.5, 0.6) is 0 Å². The molecule has 0 heterocycles. The molecular formula is C24H22N4O2S. The van der Waals surface area contributed by atoms with Crippen LogP contribution in [-0.2, 0) is 10.2 Å². The molecule has 0 spiro atoms. The second-order valence-electron chi connectivity index (χ2n) is 7.11. The smallest absolute Gasteiger partial charge is 0.321 e. The highest BCUT2D eigenvalue weighted by molar-refractivity contribution is 7.94. The first-order valence-electron chi connectivity index (χ1n) is 9.60. The van der Waals surface area contributed by atoms with Crippen LogP contribution in [0.1, 0.15) is 0 Å². The van der Waals surface area contributed by atoms with Gasteiger partial charge in [0.1, 0.15) is 0 Å². The van der Waals surface area contributed by atoms with Crippen LogP contribution in [0.4, 0.5) is 22.7 Å².